The Balaban J connectivity index is 0.00000106. The monoisotopic (exact) mass is 438 g/mol. The average Bonchev–Trinajstić information content (AvgIpc) is 3.16. The summed E-state index contributed by atoms with van der Waals surface area (Å²) in [5, 5.41) is 17.0. The van der Waals surface area contributed by atoms with Gasteiger partial charge in [-0.1, -0.05) is 26.8 Å². The molecular weight excluding hydrogens is 403 g/mol. The molecule has 0 amide bonds. The van der Waals surface area contributed by atoms with Gasteiger partial charge in [0.1, 0.15) is 11.6 Å². The number of nitrogens with zero attached hydrogens (tertiary/aromatic N) is 5. The summed E-state index contributed by atoms with van der Waals surface area (Å²) in [5.74, 6) is 2.04. The van der Waals surface area contributed by atoms with Crippen LogP contribution < -0.4 is 66.7 Å². The van der Waals surface area contributed by atoms with E-state index >= 15 is 0 Å². The molecule has 8 heteroatoms. The number of anilines is 2. The number of hydrogen-bond donors (Lipinski definition) is 1. The van der Waals surface area contributed by atoms with E-state index in [0.717, 1.165) is 49.8 Å². The van der Waals surface area contributed by atoms with Crippen LogP contribution in [0.5, 0.6) is 0 Å². The van der Waals surface area contributed by atoms with E-state index in [1.165, 1.54) is 30.4 Å². The van der Waals surface area contributed by atoms with E-state index in [2.05, 4.69) is 46.3 Å². The van der Waals surface area contributed by atoms with Gasteiger partial charge >= 0.3 is 51.4 Å². The van der Waals surface area contributed by atoms with Gasteiger partial charge in [-0.2, -0.15) is 9.61 Å². The Morgan fingerprint density at radius 2 is 1.93 bits per heavy atom. The Hall–Kier alpha value is -0.774. The van der Waals surface area contributed by atoms with Crippen molar-refractivity contribution in [2.75, 3.05) is 43.5 Å². The number of aryl methyl sites for hydroxylation is 1. The predicted molar refractivity (Wildman–Crippen MR) is 120 cm³/mol. The third kappa shape index (κ3) is 7.73. The third-order valence-electron chi connectivity index (χ3n) is 4.83. The topological polar surface area (TPSA) is 80.9 Å². The van der Waals surface area contributed by atoms with E-state index in [4.69, 9.17) is 10.1 Å². The molecule has 1 N–H and O–H groups in total. The summed E-state index contributed by atoms with van der Waals surface area (Å²) in [7, 11) is 1.81. The molecule has 0 radical (unpaired) electrons. The van der Waals surface area contributed by atoms with Crippen LogP contribution in [0.25, 0.3) is 5.65 Å². The van der Waals surface area contributed by atoms with Crippen molar-refractivity contribution in [3.05, 3.63) is 29.5 Å². The summed E-state index contributed by atoms with van der Waals surface area (Å²) in [5.41, 5.74) is 3.33. The van der Waals surface area contributed by atoms with Crippen LogP contribution in [0.3, 0.4) is 0 Å². The van der Waals surface area contributed by atoms with Crippen molar-refractivity contribution in [2.45, 2.75) is 52.9 Å². The summed E-state index contributed by atoms with van der Waals surface area (Å²) < 4.78 is 1.93. The maximum atomic E-state index is 8.93. The summed E-state index contributed by atoms with van der Waals surface area (Å²) in [6.45, 7) is 8.76. The minimum Gasteiger partial charge on any atom is -0.855 e. The Kier molecular flexibility index (Phi) is 13.7. The zero-order chi connectivity index (χ0) is 21.1. The largest absolute Gasteiger partial charge is 1.00 e. The molecule has 3 rings (SSSR count). The second-order valence-corrected chi connectivity index (χ2v) is 7.02. The van der Waals surface area contributed by atoms with Gasteiger partial charge in [0, 0.05) is 44.5 Å². The number of rotatable bonds is 7. The Morgan fingerprint density at radius 3 is 2.53 bits per heavy atom. The van der Waals surface area contributed by atoms with Crippen molar-refractivity contribution < 1.29 is 56.5 Å². The van der Waals surface area contributed by atoms with E-state index in [9.17, 15) is 0 Å². The van der Waals surface area contributed by atoms with E-state index in [1.807, 2.05) is 24.0 Å². The molecule has 7 nitrogen and oxygen atoms in total. The number of allylic oxidation sites excluding steroid dienone is 1. The van der Waals surface area contributed by atoms with Gasteiger partial charge in [0.05, 0.1) is 6.20 Å². The van der Waals surface area contributed by atoms with Gasteiger partial charge < -0.3 is 15.3 Å². The number of aliphatic imine (C=N–C) groups is 1. The van der Waals surface area contributed by atoms with Gasteiger partial charge in [0.2, 0.25) is 0 Å². The Bertz CT molecular complexity index is 811. The molecule has 0 saturated carbocycles. The fraction of sp³-hybridized carbons (Fsp3) is 0.591. The maximum absolute atomic E-state index is 8.93. The molecule has 0 bridgehead atoms. The summed E-state index contributed by atoms with van der Waals surface area (Å²) >= 11 is 0. The Morgan fingerprint density at radius 1 is 1.23 bits per heavy atom. The first-order chi connectivity index (χ1) is 14.2. The number of hydrogen-bond acceptors (Lipinski definition) is 6. The number of piperidine rings is 1. The van der Waals surface area contributed by atoms with Crippen LogP contribution in [-0.2, 0) is 6.42 Å². The first-order valence-corrected chi connectivity index (χ1v) is 10.7. The SMILES string of the molecule is CC/C=C(\C=NC)CNc1cc(N2CCCCC2)nc2c(CC)cnn12.CC[O-].[K+]. The van der Waals surface area contributed by atoms with Crippen LogP contribution in [0, 0.1) is 0 Å². The summed E-state index contributed by atoms with van der Waals surface area (Å²) in [4.78, 5) is 11.5. The quantitative estimate of drug-likeness (QED) is 0.490. The second kappa shape index (κ2) is 15.1. The molecule has 1 aliphatic rings. The molecule has 30 heavy (non-hydrogen) atoms. The molecule has 0 aromatic carbocycles. The van der Waals surface area contributed by atoms with Gasteiger partial charge in [-0.3, -0.25) is 4.99 Å². The predicted octanol–water partition coefficient (Wildman–Crippen LogP) is 0.102. The normalized spacial score (nSPS) is 14.4. The number of nitrogens with one attached hydrogen (secondary N) is 1. The van der Waals surface area contributed by atoms with E-state index in [0.29, 0.717) is 0 Å². The molecule has 0 spiro atoms. The maximum Gasteiger partial charge on any atom is 1.00 e. The first kappa shape index (κ1) is 27.3. The number of aromatic nitrogens is 3. The van der Waals surface area contributed by atoms with Crippen molar-refractivity contribution >= 4 is 23.5 Å². The van der Waals surface area contributed by atoms with Crippen molar-refractivity contribution in [3.8, 4) is 0 Å². The second-order valence-electron chi connectivity index (χ2n) is 7.02. The van der Waals surface area contributed by atoms with Gasteiger partial charge in [-0.05, 0) is 37.7 Å². The molecule has 2 aromatic rings. The molecule has 1 aliphatic heterocycles. The standard InChI is InChI=1S/C20H30N6.C2H5O.K/c1-4-9-16(13-21-3)14-22-18-12-19(25-10-7-6-8-11-25)24-20-17(5-2)15-23-26(18)20;1-2-3;/h9,12-13,15,22H,4-8,10-11,14H2,1-3H3;2H2,1H3;/q;-1;+1/b16-9+,21-13?;;. The van der Waals surface area contributed by atoms with Crippen molar-refractivity contribution in [2.24, 2.45) is 4.99 Å². The van der Waals surface area contributed by atoms with Crippen LogP contribution in [0.4, 0.5) is 11.6 Å². The summed E-state index contributed by atoms with van der Waals surface area (Å²) in [6, 6.07) is 2.14. The van der Waals surface area contributed by atoms with Crippen molar-refractivity contribution in [1.82, 2.24) is 14.6 Å². The Labute approximate surface area is 223 Å². The molecule has 0 atom stereocenters. The molecule has 2 aromatic heterocycles. The minimum atomic E-state index is 0. The minimum absolute atomic E-state index is 0. The number of fused-ring (bicyclic) bond motifs is 1. The van der Waals surface area contributed by atoms with E-state index in [-0.39, 0.29) is 58.0 Å². The van der Waals surface area contributed by atoms with Gasteiger partial charge in [-0.25, -0.2) is 4.98 Å². The molecule has 1 saturated heterocycles. The average molecular weight is 439 g/mol. The smallest absolute Gasteiger partial charge is 0.855 e. The van der Waals surface area contributed by atoms with Crippen LogP contribution >= 0.6 is 0 Å². The van der Waals surface area contributed by atoms with Gasteiger partial charge in [0.25, 0.3) is 0 Å². The van der Waals surface area contributed by atoms with Gasteiger partial charge in [0.15, 0.2) is 5.65 Å². The van der Waals surface area contributed by atoms with Crippen molar-refractivity contribution in [3.63, 3.8) is 0 Å². The first-order valence-electron chi connectivity index (χ1n) is 10.7. The van der Waals surface area contributed by atoms with Crippen molar-refractivity contribution in [1.29, 1.82) is 0 Å². The molecule has 3 heterocycles. The fourth-order valence-corrected chi connectivity index (χ4v) is 3.45. The van der Waals surface area contributed by atoms with Crippen LogP contribution in [0.2, 0.25) is 0 Å². The van der Waals surface area contributed by atoms with Crippen LogP contribution in [0.1, 0.15) is 52.0 Å². The zero-order valence-electron chi connectivity index (χ0n) is 19.3. The van der Waals surface area contributed by atoms with E-state index < -0.39 is 0 Å². The molecule has 0 aliphatic carbocycles. The van der Waals surface area contributed by atoms with Crippen LogP contribution in [0.15, 0.2) is 28.9 Å². The fourth-order valence-electron chi connectivity index (χ4n) is 3.45. The molecule has 0 unspecified atom stereocenters. The summed E-state index contributed by atoms with van der Waals surface area (Å²) in [6.07, 6.45) is 11.8. The molecule has 160 valence electrons. The third-order valence-corrected chi connectivity index (χ3v) is 4.83. The zero-order valence-corrected chi connectivity index (χ0v) is 22.4. The molecular formula is C22H35KN6O. The van der Waals surface area contributed by atoms with Gasteiger partial charge in [-0.15, -0.1) is 6.61 Å². The van der Waals surface area contributed by atoms with Crippen LogP contribution in [-0.4, -0.2) is 54.1 Å². The molecule has 1 fully saturated rings. The van der Waals surface area contributed by atoms with E-state index in [1.54, 1.807) is 6.92 Å².